The average molecular weight is 177 g/mol. The second kappa shape index (κ2) is 2.27. The van der Waals surface area contributed by atoms with Gasteiger partial charge in [-0.3, -0.25) is 0 Å². The molecule has 0 unspecified atom stereocenters. The van der Waals surface area contributed by atoms with Crippen molar-refractivity contribution in [3.05, 3.63) is 0 Å². The van der Waals surface area contributed by atoms with Gasteiger partial charge in [0, 0.05) is 5.41 Å². The van der Waals surface area contributed by atoms with Crippen LogP contribution in [0.25, 0.3) is 0 Å². The molecule has 0 atom stereocenters. The maximum Gasteiger partial charge on any atom is 0.0697 e. The molecule has 2 heteroatoms. The first-order chi connectivity index (χ1) is 6.33. The molecule has 1 heterocycles. The van der Waals surface area contributed by atoms with Crippen LogP contribution in [0.15, 0.2) is 0 Å². The summed E-state index contributed by atoms with van der Waals surface area (Å²) in [5.41, 5.74) is 0.330. The molecule has 0 amide bonds. The second-order valence-electron chi connectivity index (χ2n) is 4.97. The van der Waals surface area contributed by atoms with Crippen LogP contribution < -0.4 is 0 Å². The zero-order valence-corrected chi connectivity index (χ0v) is 7.88. The van der Waals surface area contributed by atoms with Gasteiger partial charge in [-0.25, -0.2) is 0 Å². The molecule has 2 aliphatic carbocycles. The Morgan fingerprint density at radius 3 is 2.15 bits per heavy atom. The summed E-state index contributed by atoms with van der Waals surface area (Å²) in [6.45, 7) is 1.73. The minimum absolute atomic E-state index is 0.0380. The van der Waals surface area contributed by atoms with E-state index in [1.165, 1.54) is 19.3 Å². The highest BCUT2D eigenvalue weighted by Crippen LogP contribution is 2.67. The van der Waals surface area contributed by atoms with E-state index in [9.17, 15) is 5.26 Å². The van der Waals surface area contributed by atoms with Gasteiger partial charge in [-0.15, -0.1) is 0 Å². The number of hydrogen-bond donors (Lipinski definition) is 0. The van der Waals surface area contributed by atoms with E-state index in [0.717, 1.165) is 32.0 Å². The van der Waals surface area contributed by atoms with Crippen LogP contribution >= 0.6 is 0 Å². The van der Waals surface area contributed by atoms with Gasteiger partial charge in [0.15, 0.2) is 0 Å². The molecule has 2 nitrogen and oxygen atoms in total. The lowest BCUT2D eigenvalue weighted by molar-refractivity contribution is -0.190. The number of ether oxygens (including phenoxy) is 1. The first kappa shape index (κ1) is 7.82. The van der Waals surface area contributed by atoms with Crippen molar-refractivity contribution in [2.24, 2.45) is 16.7 Å². The van der Waals surface area contributed by atoms with Crippen molar-refractivity contribution in [2.75, 3.05) is 13.2 Å². The topological polar surface area (TPSA) is 33.0 Å². The van der Waals surface area contributed by atoms with E-state index in [2.05, 4.69) is 6.07 Å². The monoisotopic (exact) mass is 177 g/mol. The van der Waals surface area contributed by atoms with Gasteiger partial charge in [0.25, 0.3) is 0 Å². The Bertz CT molecular complexity index is 266. The minimum Gasteiger partial charge on any atom is -0.380 e. The van der Waals surface area contributed by atoms with Crippen LogP contribution in [0.5, 0.6) is 0 Å². The van der Waals surface area contributed by atoms with Crippen molar-refractivity contribution in [1.29, 1.82) is 5.26 Å². The maximum atomic E-state index is 9.22. The lowest BCUT2D eigenvalue weighted by atomic mass is 9.57. The van der Waals surface area contributed by atoms with Gasteiger partial charge in [0.05, 0.1) is 24.7 Å². The Morgan fingerprint density at radius 2 is 1.92 bits per heavy atom. The second-order valence-corrected chi connectivity index (χ2v) is 4.97. The Labute approximate surface area is 78.9 Å². The third-order valence-electron chi connectivity index (χ3n) is 4.52. The zero-order valence-electron chi connectivity index (χ0n) is 7.88. The summed E-state index contributed by atoms with van der Waals surface area (Å²) in [6, 6.07) is 2.56. The molecular formula is C11H15NO. The van der Waals surface area contributed by atoms with Crippen LogP contribution in [0.2, 0.25) is 0 Å². The average Bonchev–Trinajstić information content (AvgIpc) is 2.73. The molecule has 0 bridgehead atoms. The molecule has 3 rings (SSSR count). The summed E-state index contributed by atoms with van der Waals surface area (Å²) >= 11 is 0. The SMILES string of the molecule is N#CC1(C2(C3CCC3)COC2)CC1. The van der Waals surface area contributed by atoms with Crippen molar-refractivity contribution in [3.8, 4) is 6.07 Å². The molecule has 0 N–H and O–H groups in total. The van der Waals surface area contributed by atoms with Gasteiger partial charge in [0.1, 0.15) is 0 Å². The third kappa shape index (κ3) is 0.770. The van der Waals surface area contributed by atoms with Crippen molar-refractivity contribution in [2.45, 2.75) is 32.1 Å². The molecule has 0 aromatic carbocycles. The van der Waals surface area contributed by atoms with E-state index in [1.54, 1.807) is 0 Å². The molecule has 3 aliphatic rings. The molecular weight excluding hydrogens is 162 g/mol. The highest BCUT2D eigenvalue weighted by atomic mass is 16.5. The van der Waals surface area contributed by atoms with Crippen molar-refractivity contribution >= 4 is 0 Å². The molecule has 70 valence electrons. The molecule has 13 heavy (non-hydrogen) atoms. The van der Waals surface area contributed by atoms with Crippen molar-refractivity contribution in [3.63, 3.8) is 0 Å². The van der Waals surface area contributed by atoms with Crippen molar-refractivity contribution in [1.82, 2.24) is 0 Å². The molecule has 2 saturated carbocycles. The van der Waals surface area contributed by atoms with Crippen LogP contribution in [-0.2, 0) is 4.74 Å². The van der Waals surface area contributed by atoms with E-state index in [0.29, 0.717) is 5.41 Å². The van der Waals surface area contributed by atoms with Crippen molar-refractivity contribution < 1.29 is 4.74 Å². The minimum atomic E-state index is 0.0380. The molecule has 0 radical (unpaired) electrons. The van der Waals surface area contributed by atoms with Gasteiger partial charge in [-0.2, -0.15) is 5.26 Å². The smallest absolute Gasteiger partial charge is 0.0697 e. The molecule has 1 saturated heterocycles. The quantitative estimate of drug-likeness (QED) is 0.647. The third-order valence-corrected chi connectivity index (χ3v) is 4.52. The summed E-state index contributed by atoms with van der Waals surface area (Å²) in [4.78, 5) is 0. The number of hydrogen-bond acceptors (Lipinski definition) is 2. The molecule has 0 aromatic rings. The van der Waals surface area contributed by atoms with Gasteiger partial charge < -0.3 is 4.74 Å². The van der Waals surface area contributed by atoms with E-state index < -0.39 is 0 Å². The Hall–Kier alpha value is -0.550. The predicted octanol–water partition coefficient (Wildman–Crippen LogP) is 2.11. The summed E-state index contributed by atoms with van der Waals surface area (Å²) < 4.78 is 5.37. The Kier molecular flexibility index (Phi) is 1.37. The Balaban J connectivity index is 1.88. The van der Waals surface area contributed by atoms with Crippen LogP contribution in [0, 0.1) is 28.1 Å². The molecule has 0 aromatic heterocycles. The predicted molar refractivity (Wildman–Crippen MR) is 47.9 cm³/mol. The lowest BCUT2D eigenvalue weighted by Gasteiger charge is -2.53. The Morgan fingerprint density at radius 1 is 1.23 bits per heavy atom. The fourth-order valence-electron chi connectivity index (χ4n) is 3.03. The normalized spacial score (nSPS) is 34.1. The van der Waals surface area contributed by atoms with Crippen LogP contribution in [0.4, 0.5) is 0 Å². The number of nitriles is 1. The summed E-state index contributed by atoms with van der Waals surface area (Å²) in [5.74, 6) is 0.809. The van der Waals surface area contributed by atoms with Crippen LogP contribution in [0.1, 0.15) is 32.1 Å². The fraction of sp³-hybridized carbons (Fsp3) is 0.909. The lowest BCUT2D eigenvalue weighted by Crippen LogP contribution is -2.56. The fourth-order valence-corrected chi connectivity index (χ4v) is 3.03. The molecule has 0 spiro atoms. The zero-order chi connectivity index (χ0) is 8.94. The summed E-state index contributed by atoms with van der Waals surface area (Å²) in [5, 5.41) is 9.22. The van der Waals surface area contributed by atoms with E-state index in [4.69, 9.17) is 4.74 Å². The van der Waals surface area contributed by atoms with Crippen LogP contribution in [0.3, 0.4) is 0 Å². The summed E-state index contributed by atoms with van der Waals surface area (Å²) in [7, 11) is 0. The number of rotatable bonds is 2. The summed E-state index contributed by atoms with van der Waals surface area (Å²) in [6.07, 6.45) is 6.31. The van der Waals surface area contributed by atoms with E-state index >= 15 is 0 Å². The highest BCUT2D eigenvalue weighted by molar-refractivity contribution is 5.23. The first-order valence-corrected chi connectivity index (χ1v) is 5.32. The van der Waals surface area contributed by atoms with Gasteiger partial charge >= 0.3 is 0 Å². The number of nitrogens with zero attached hydrogens (tertiary/aromatic N) is 1. The first-order valence-electron chi connectivity index (χ1n) is 5.32. The van der Waals surface area contributed by atoms with Gasteiger partial charge in [-0.1, -0.05) is 6.42 Å². The standard InChI is InChI=1S/C11H15NO/c12-6-10(4-5-10)11(7-13-8-11)9-2-1-3-9/h9H,1-5,7-8H2. The van der Waals surface area contributed by atoms with Gasteiger partial charge in [-0.05, 0) is 31.6 Å². The van der Waals surface area contributed by atoms with Gasteiger partial charge in [0.2, 0.25) is 0 Å². The maximum absolute atomic E-state index is 9.22. The largest absolute Gasteiger partial charge is 0.380 e. The molecule has 3 fully saturated rings. The van der Waals surface area contributed by atoms with E-state index in [1.807, 2.05) is 0 Å². The van der Waals surface area contributed by atoms with Crippen LogP contribution in [-0.4, -0.2) is 13.2 Å². The molecule has 1 aliphatic heterocycles. The highest BCUT2D eigenvalue weighted by Gasteiger charge is 2.67. The van der Waals surface area contributed by atoms with E-state index in [-0.39, 0.29) is 5.41 Å².